The summed E-state index contributed by atoms with van der Waals surface area (Å²) in [6.45, 7) is 2.20. The molecular formula is C22H21ClFN3O3S2. The molecule has 6 nitrogen and oxygen atoms in total. The van der Waals surface area contributed by atoms with Crippen molar-refractivity contribution in [3.8, 4) is 17.4 Å². The second kappa shape index (κ2) is 10.1. The van der Waals surface area contributed by atoms with Gasteiger partial charge in [-0.1, -0.05) is 49.3 Å². The standard InChI is InChI=1S/C22H21ClFN3O3S2/c1-2-29-17-10-13(8-9-16(17)30-19-15(24)12-25-21(23)26-19)11-18-20(28)27(22(31)32-18)14-6-4-3-5-7-14/h8-12,14H,2-7H2,1H3/b18-11-. The van der Waals surface area contributed by atoms with Gasteiger partial charge in [0.25, 0.3) is 11.8 Å². The summed E-state index contributed by atoms with van der Waals surface area (Å²) in [5.41, 5.74) is 0.742. The highest BCUT2D eigenvalue weighted by Gasteiger charge is 2.37. The Morgan fingerprint density at radius 3 is 2.84 bits per heavy atom. The van der Waals surface area contributed by atoms with E-state index in [0.29, 0.717) is 21.6 Å². The maximum absolute atomic E-state index is 14.0. The SMILES string of the molecule is CCOc1cc(/C=C2\SC(=S)N(C3CCCCC3)C2=O)ccc1Oc1nc(Cl)ncc1F. The van der Waals surface area contributed by atoms with Crippen LogP contribution in [0.15, 0.2) is 29.3 Å². The zero-order valence-corrected chi connectivity index (χ0v) is 19.7. The third-order valence-corrected chi connectivity index (χ3v) is 6.73. The number of hydrogen-bond acceptors (Lipinski definition) is 7. The van der Waals surface area contributed by atoms with E-state index in [2.05, 4.69) is 9.97 Å². The predicted octanol–water partition coefficient (Wildman–Crippen LogP) is 5.99. The zero-order valence-electron chi connectivity index (χ0n) is 17.3. The van der Waals surface area contributed by atoms with Crippen LogP contribution in [-0.2, 0) is 4.79 Å². The Labute approximate surface area is 200 Å². The van der Waals surface area contributed by atoms with Crippen LogP contribution in [0.5, 0.6) is 17.4 Å². The molecule has 0 N–H and O–H groups in total. The lowest BCUT2D eigenvalue weighted by atomic mass is 9.94. The molecule has 1 aliphatic heterocycles. The molecule has 32 heavy (non-hydrogen) atoms. The fourth-order valence-electron chi connectivity index (χ4n) is 3.76. The third kappa shape index (κ3) is 5.05. The summed E-state index contributed by atoms with van der Waals surface area (Å²) in [6.07, 6.45) is 8.16. The maximum Gasteiger partial charge on any atom is 0.266 e. The molecule has 2 aliphatic rings. The Morgan fingerprint density at radius 2 is 2.09 bits per heavy atom. The predicted molar refractivity (Wildman–Crippen MR) is 127 cm³/mol. The monoisotopic (exact) mass is 493 g/mol. The van der Waals surface area contributed by atoms with Crippen molar-refractivity contribution in [3.05, 3.63) is 46.0 Å². The highest BCUT2D eigenvalue weighted by atomic mass is 35.5. The number of ether oxygens (including phenoxy) is 2. The Morgan fingerprint density at radius 1 is 1.31 bits per heavy atom. The lowest BCUT2D eigenvalue weighted by molar-refractivity contribution is -0.124. The van der Waals surface area contributed by atoms with Crippen LogP contribution >= 0.6 is 35.6 Å². The van der Waals surface area contributed by atoms with Crippen LogP contribution in [0, 0.1) is 5.82 Å². The first-order valence-electron chi connectivity index (χ1n) is 10.4. The van der Waals surface area contributed by atoms with Crippen molar-refractivity contribution in [2.45, 2.75) is 45.1 Å². The Kier molecular flexibility index (Phi) is 7.27. The van der Waals surface area contributed by atoms with E-state index in [0.717, 1.165) is 37.4 Å². The molecule has 0 bridgehead atoms. The largest absolute Gasteiger partial charge is 0.490 e. The van der Waals surface area contributed by atoms with E-state index >= 15 is 0 Å². The number of hydrogen-bond donors (Lipinski definition) is 0. The molecule has 2 aromatic rings. The molecule has 1 saturated carbocycles. The third-order valence-electron chi connectivity index (χ3n) is 5.22. The van der Waals surface area contributed by atoms with Gasteiger partial charge in [-0.15, -0.1) is 0 Å². The summed E-state index contributed by atoms with van der Waals surface area (Å²) in [6, 6.07) is 5.30. The average Bonchev–Trinajstić information content (AvgIpc) is 3.06. The van der Waals surface area contributed by atoms with Gasteiger partial charge in [0.2, 0.25) is 11.1 Å². The number of rotatable bonds is 6. The minimum Gasteiger partial charge on any atom is -0.490 e. The van der Waals surface area contributed by atoms with Crippen LogP contribution in [0.1, 0.15) is 44.6 Å². The smallest absolute Gasteiger partial charge is 0.266 e. The lowest BCUT2D eigenvalue weighted by Gasteiger charge is -2.29. The van der Waals surface area contributed by atoms with Crippen molar-refractivity contribution < 1.29 is 18.7 Å². The Hall–Kier alpha value is -2.23. The van der Waals surface area contributed by atoms with Gasteiger partial charge in [0.05, 0.1) is 17.7 Å². The summed E-state index contributed by atoms with van der Waals surface area (Å²) in [7, 11) is 0. The molecule has 1 amide bonds. The van der Waals surface area contributed by atoms with E-state index in [1.54, 1.807) is 29.2 Å². The molecule has 1 aliphatic carbocycles. The van der Waals surface area contributed by atoms with Crippen LogP contribution in [0.3, 0.4) is 0 Å². The van der Waals surface area contributed by atoms with Gasteiger partial charge in [-0.3, -0.25) is 9.69 Å². The van der Waals surface area contributed by atoms with Crippen molar-refractivity contribution in [3.63, 3.8) is 0 Å². The Balaban J connectivity index is 1.58. The van der Waals surface area contributed by atoms with E-state index in [9.17, 15) is 9.18 Å². The van der Waals surface area contributed by atoms with Gasteiger partial charge in [0.15, 0.2) is 11.5 Å². The summed E-state index contributed by atoms with van der Waals surface area (Å²) < 4.78 is 25.8. The number of carbonyl (C=O) groups excluding carboxylic acids is 1. The lowest BCUT2D eigenvalue weighted by Crippen LogP contribution is -2.39. The van der Waals surface area contributed by atoms with E-state index in [-0.39, 0.29) is 28.9 Å². The van der Waals surface area contributed by atoms with Crippen molar-refractivity contribution in [1.82, 2.24) is 14.9 Å². The topological polar surface area (TPSA) is 64.5 Å². The van der Waals surface area contributed by atoms with Crippen LogP contribution in [0.2, 0.25) is 5.28 Å². The Bertz CT molecular complexity index is 1080. The molecule has 0 spiro atoms. The highest BCUT2D eigenvalue weighted by molar-refractivity contribution is 8.26. The molecule has 0 atom stereocenters. The fourth-order valence-corrected chi connectivity index (χ4v) is 5.29. The zero-order chi connectivity index (χ0) is 22.7. The van der Waals surface area contributed by atoms with Crippen LogP contribution in [-0.4, -0.2) is 37.7 Å². The number of carbonyl (C=O) groups is 1. The molecule has 2 heterocycles. The van der Waals surface area contributed by atoms with Crippen LogP contribution in [0.25, 0.3) is 6.08 Å². The van der Waals surface area contributed by atoms with E-state index in [1.165, 1.54) is 18.2 Å². The molecule has 2 fully saturated rings. The number of benzene rings is 1. The van der Waals surface area contributed by atoms with Gasteiger partial charge in [-0.05, 0) is 55.1 Å². The molecule has 168 valence electrons. The summed E-state index contributed by atoms with van der Waals surface area (Å²) in [5.74, 6) is -0.437. The number of nitrogens with zero attached hydrogens (tertiary/aromatic N) is 3. The first kappa shape index (κ1) is 22.9. The minimum absolute atomic E-state index is 0.0529. The molecule has 10 heteroatoms. The second-order valence-electron chi connectivity index (χ2n) is 7.38. The molecular weight excluding hydrogens is 473 g/mol. The number of thiocarbonyl (C=S) groups is 1. The molecule has 1 aromatic heterocycles. The van der Waals surface area contributed by atoms with Gasteiger partial charge >= 0.3 is 0 Å². The van der Waals surface area contributed by atoms with Crippen molar-refractivity contribution >= 4 is 51.9 Å². The van der Waals surface area contributed by atoms with Gasteiger partial charge in [-0.25, -0.2) is 4.98 Å². The molecule has 0 radical (unpaired) electrons. The van der Waals surface area contributed by atoms with E-state index in [4.69, 9.17) is 33.3 Å². The number of amides is 1. The van der Waals surface area contributed by atoms with Crippen LogP contribution in [0.4, 0.5) is 4.39 Å². The summed E-state index contributed by atoms with van der Waals surface area (Å²) >= 11 is 12.6. The summed E-state index contributed by atoms with van der Waals surface area (Å²) in [5, 5.41) is -0.129. The van der Waals surface area contributed by atoms with Crippen molar-refractivity contribution in [2.24, 2.45) is 0 Å². The van der Waals surface area contributed by atoms with E-state index in [1.807, 2.05) is 6.92 Å². The van der Waals surface area contributed by atoms with Gasteiger partial charge in [-0.2, -0.15) is 9.37 Å². The number of halogens is 2. The average molecular weight is 494 g/mol. The van der Waals surface area contributed by atoms with Gasteiger partial charge < -0.3 is 9.47 Å². The quantitative estimate of drug-likeness (QED) is 0.278. The van der Waals surface area contributed by atoms with Crippen molar-refractivity contribution in [2.75, 3.05) is 6.61 Å². The first-order chi connectivity index (χ1) is 15.5. The van der Waals surface area contributed by atoms with Gasteiger partial charge in [0.1, 0.15) is 4.32 Å². The maximum atomic E-state index is 14.0. The summed E-state index contributed by atoms with van der Waals surface area (Å²) in [4.78, 5) is 22.7. The number of aromatic nitrogens is 2. The van der Waals surface area contributed by atoms with Crippen LogP contribution < -0.4 is 9.47 Å². The second-order valence-corrected chi connectivity index (χ2v) is 9.39. The normalized spacial score (nSPS) is 18.5. The van der Waals surface area contributed by atoms with Gasteiger partial charge in [0, 0.05) is 6.04 Å². The number of thioether (sulfide) groups is 1. The fraction of sp³-hybridized carbons (Fsp3) is 0.364. The molecule has 1 aromatic carbocycles. The first-order valence-corrected chi connectivity index (χ1v) is 12.0. The molecule has 0 unspecified atom stereocenters. The molecule has 1 saturated heterocycles. The van der Waals surface area contributed by atoms with Crippen molar-refractivity contribution in [1.29, 1.82) is 0 Å². The van der Waals surface area contributed by atoms with E-state index < -0.39 is 5.82 Å². The highest BCUT2D eigenvalue weighted by Crippen LogP contribution is 2.39. The minimum atomic E-state index is -0.743. The molecule has 4 rings (SSSR count).